The van der Waals surface area contributed by atoms with E-state index < -0.39 is 18.8 Å². The molecule has 5 heteroatoms. The SMILES string of the molecule is Fc1ccc(C#CCCCl)c(OCC(F)F)c1. The third-order valence-corrected chi connectivity index (χ3v) is 1.94. The van der Waals surface area contributed by atoms with Gasteiger partial charge in [0.2, 0.25) is 0 Å². The van der Waals surface area contributed by atoms with Crippen LogP contribution >= 0.6 is 11.6 Å². The van der Waals surface area contributed by atoms with Gasteiger partial charge in [0.05, 0.1) is 5.56 Å². The van der Waals surface area contributed by atoms with E-state index in [4.69, 9.17) is 16.3 Å². The van der Waals surface area contributed by atoms with Crippen molar-refractivity contribution in [2.75, 3.05) is 12.5 Å². The highest BCUT2D eigenvalue weighted by Crippen LogP contribution is 2.19. The van der Waals surface area contributed by atoms with Crippen LogP contribution in [0.25, 0.3) is 0 Å². The summed E-state index contributed by atoms with van der Waals surface area (Å²) >= 11 is 5.44. The Morgan fingerprint density at radius 1 is 1.35 bits per heavy atom. The molecule has 0 aliphatic heterocycles. The highest BCUT2D eigenvalue weighted by molar-refractivity contribution is 6.18. The Morgan fingerprint density at radius 2 is 2.12 bits per heavy atom. The van der Waals surface area contributed by atoms with E-state index in [2.05, 4.69) is 11.8 Å². The monoisotopic (exact) mass is 262 g/mol. The molecule has 0 saturated heterocycles. The largest absolute Gasteiger partial charge is 0.486 e. The van der Waals surface area contributed by atoms with Crippen molar-refractivity contribution >= 4 is 11.6 Å². The molecule has 0 amide bonds. The first-order valence-electron chi connectivity index (χ1n) is 4.89. The van der Waals surface area contributed by atoms with E-state index in [0.29, 0.717) is 17.9 Å². The molecule has 0 bridgehead atoms. The Kier molecular flexibility index (Phi) is 5.71. The average Bonchev–Trinajstić information content (AvgIpc) is 2.29. The molecule has 92 valence electrons. The van der Waals surface area contributed by atoms with Gasteiger partial charge in [0.15, 0.2) is 0 Å². The van der Waals surface area contributed by atoms with Gasteiger partial charge in [0.25, 0.3) is 6.43 Å². The molecular formula is C12H10ClF3O. The predicted octanol–water partition coefficient (Wildman–Crippen LogP) is 3.45. The van der Waals surface area contributed by atoms with Crippen LogP contribution in [0.3, 0.4) is 0 Å². The zero-order valence-electron chi connectivity index (χ0n) is 8.85. The lowest BCUT2D eigenvalue weighted by atomic mass is 10.2. The van der Waals surface area contributed by atoms with E-state index in [1.165, 1.54) is 12.1 Å². The Labute approximate surface area is 103 Å². The van der Waals surface area contributed by atoms with Gasteiger partial charge in [-0.2, -0.15) is 0 Å². The first-order chi connectivity index (χ1) is 8.13. The van der Waals surface area contributed by atoms with Crippen molar-refractivity contribution in [3.05, 3.63) is 29.6 Å². The number of ether oxygens (including phenoxy) is 1. The number of hydrogen-bond donors (Lipinski definition) is 0. The normalized spacial score (nSPS) is 9.94. The minimum absolute atomic E-state index is 0.0207. The number of rotatable bonds is 4. The summed E-state index contributed by atoms with van der Waals surface area (Å²) in [5, 5.41) is 0. The van der Waals surface area contributed by atoms with E-state index >= 15 is 0 Å². The van der Waals surface area contributed by atoms with E-state index in [1.807, 2.05) is 0 Å². The molecule has 0 radical (unpaired) electrons. The van der Waals surface area contributed by atoms with Crippen molar-refractivity contribution in [2.45, 2.75) is 12.8 Å². The molecule has 0 spiro atoms. The minimum Gasteiger partial charge on any atom is -0.486 e. The van der Waals surface area contributed by atoms with Crippen LogP contribution in [-0.4, -0.2) is 18.9 Å². The zero-order chi connectivity index (χ0) is 12.7. The van der Waals surface area contributed by atoms with Gasteiger partial charge in [0.1, 0.15) is 18.2 Å². The van der Waals surface area contributed by atoms with E-state index in [-0.39, 0.29) is 5.75 Å². The third kappa shape index (κ3) is 5.01. The molecule has 0 aliphatic carbocycles. The van der Waals surface area contributed by atoms with Crippen molar-refractivity contribution in [2.24, 2.45) is 0 Å². The van der Waals surface area contributed by atoms with Crippen LogP contribution in [0.5, 0.6) is 5.75 Å². The van der Waals surface area contributed by atoms with Crippen molar-refractivity contribution in [1.82, 2.24) is 0 Å². The Bertz CT molecular complexity index is 423. The highest BCUT2D eigenvalue weighted by Gasteiger charge is 2.07. The summed E-state index contributed by atoms with van der Waals surface area (Å²) in [6.45, 7) is -0.784. The lowest BCUT2D eigenvalue weighted by molar-refractivity contribution is 0.0816. The third-order valence-electron chi connectivity index (χ3n) is 1.75. The molecule has 0 fully saturated rings. The second-order valence-electron chi connectivity index (χ2n) is 3.08. The maximum absolute atomic E-state index is 12.9. The smallest absolute Gasteiger partial charge is 0.272 e. The Hall–Kier alpha value is -1.34. The van der Waals surface area contributed by atoms with Gasteiger partial charge in [-0.3, -0.25) is 0 Å². The van der Waals surface area contributed by atoms with Gasteiger partial charge in [-0.1, -0.05) is 11.8 Å². The standard InChI is InChI=1S/C12H10ClF3O/c13-6-2-1-3-9-4-5-10(14)7-11(9)17-8-12(15)16/h4-5,7,12H,2,6,8H2. The highest BCUT2D eigenvalue weighted by atomic mass is 35.5. The van der Waals surface area contributed by atoms with Crippen molar-refractivity contribution in [3.8, 4) is 17.6 Å². The topological polar surface area (TPSA) is 9.23 Å². The van der Waals surface area contributed by atoms with E-state index in [0.717, 1.165) is 6.07 Å². The molecule has 0 aromatic heterocycles. The minimum atomic E-state index is -2.61. The summed E-state index contributed by atoms with van der Waals surface area (Å²) in [5.74, 6) is 5.26. The number of halogens is 4. The van der Waals surface area contributed by atoms with Crippen molar-refractivity contribution in [1.29, 1.82) is 0 Å². The Balaban J connectivity index is 2.85. The fraction of sp³-hybridized carbons (Fsp3) is 0.333. The van der Waals surface area contributed by atoms with E-state index in [1.54, 1.807) is 0 Å². The molecule has 1 nitrogen and oxygen atoms in total. The number of benzene rings is 1. The van der Waals surface area contributed by atoms with Gasteiger partial charge in [-0.25, -0.2) is 13.2 Å². The molecule has 0 heterocycles. The molecule has 17 heavy (non-hydrogen) atoms. The first kappa shape index (κ1) is 13.7. The van der Waals surface area contributed by atoms with Gasteiger partial charge in [0, 0.05) is 18.4 Å². The fourth-order valence-corrected chi connectivity index (χ4v) is 1.17. The van der Waals surface area contributed by atoms with Crippen LogP contribution in [0, 0.1) is 17.7 Å². The lowest BCUT2D eigenvalue weighted by Gasteiger charge is -2.07. The van der Waals surface area contributed by atoms with E-state index in [9.17, 15) is 13.2 Å². The van der Waals surface area contributed by atoms with Crippen molar-refractivity contribution in [3.63, 3.8) is 0 Å². The number of alkyl halides is 3. The van der Waals surface area contributed by atoms with Crippen LogP contribution in [0.1, 0.15) is 12.0 Å². The quantitative estimate of drug-likeness (QED) is 0.597. The second kappa shape index (κ2) is 7.08. The van der Waals surface area contributed by atoms with Gasteiger partial charge in [-0.15, -0.1) is 11.6 Å². The second-order valence-corrected chi connectivity index (χ2v) is 3.46. The molecule has 0 saturated carbocycles. The van der Waals surface area contributed by atoms with Crippen LogP contribution in [-0.2, 0) is 0 Å². The molecule has 0 atom stereocenters. The maximum atomic E-state index is 12.9. The maximum Gasteiger partial charge on any atom is 0.272 e. The first-order valence-corrected chi connectivity index (χ1v) is 5.42. The van der Waals surface area contributed by atoms with Gasteiger partial charge in [-0.05, 0) is 12.1 Å². The van der Waals surface area contributed by atoms with Gasteiger partial charge < -0.3 is 4.74 Å². The molecule has 0 aliphatic rings. The van der Waals surface area contributed by atoms with Gasteiger partial charge >= 0.3 is 0 Å². The lowest BCUT2D eigenvalue weighted by Crippen LogP contribution is -2.08. The molecule has 1 aromatic rings. The van der Waals surface area contributed by atoms with Crippen LogP contribution < -0.4 is 4.74 Å². The van der Waals surface area contributed by atoms with Crippen molar-refractivity contribution < 1.29 is 17.9 Å². The average molecular weight is 263 g/mol. The predicted molar refractivity (Wildman–Crippen MR) is 60.1 cm³/mol. The summed E-state index contributed by atoms with van der Waals surface area (Å²) in [4.78, 5) is 0. The fourth-order valence-electron chi connectivity index (χ4n) is 1.08. The molecule has 0 unspecified atom stereocenters. The summed E-state index contributed by atoms with van der Waals surface area (Å²) in [5.41, 5.74) is 0.372. The summed E-state index contributed by atoms with van der Waals surface area (Å²) in [7, 11) is 0. The molecule has 1 rings (SSSR count). The summed E-state index contributed by atoms with van der Waals surface area (Å²) in [6, 6.07) is 3.62. The molecule has 0 N–H and O–H groups in total. The summed E-state index contributed by atoms with van der Waals surface area (Å²) < 4.78 is 41.7. The summed E-state index contributed by atoms with van der Waals surface area (Å²) in [6.07, 6.45) is -2.14. The molecule has 1 aromatic carbocycles. The van der Waals surface area contributed by atoms with Crippen LogP contribution in [0.2, 0.25) is 0 Å². The Morgan fingerprint density at radius 3 is 2.76 bits per heavy atom. The van der Waals surface area contributed by atoms with Crippen LogP contribution in [0.15, 0.2) is 18.2 Å². The molecular weight excluding hydrogens is 253 g/mol. The number of hydrogen-bond acceptors (Lipinski definition) is 1. The van der Waals surface area contributed by atoms with Crippen LogP contribution in [0.4, 0.5) is 13.2 Å². The zero-order valence-corrected chi connectivity index (χ0v) is 9.61.